The molecule has 0 amide bonds. The quantitative estimate of drug-likeness (QED) is 0.764. The van der Waals surface area contributed by atoms with Gasteiger partial charge in [0.1, 0.15) is 5.82 Å². The Morgan fingerprint density at radius 1 is 1.16 bits per heavy atom. The summed E-state index contributed by atoms with van der Waals surface area (Å²) in [5.41, 5.74) is 1.71. The summed E-state index contributed by atoms with van der Waals surface area (Å²) in [4.78, 5) is 0. The van der Waals surface area contributed by atoms with E-state index in [-0.39, 0.29) is 5.56 Å². The zero-order valence-corrected chi connectivity index (χ0v) is 10.4. The van der Waals surface area contributed by atoms with Gasteiger partial charge < -0.3 is 5.11 Å². The van der Waals surface area contributed by atoms with Gasteiger partial charge in [0.25, 0.3) is 0 Å². The van der Waals surface area contributed by atoms with Gasteiger partial charge in [-0.05, 0) is 25.1 Å². The summed E-state index contributed by atoms with van der Waals surface area (Å²) in [6.45, 7) is 1.55. The van der Waals surface area contributed by atoms with Crippen LogP contribution in [0, 0.1) is 5.82 Å². The van der Waals surface area contributed by atoms with Crippen molar-refractivity contribution in [1.82, 2.24) is 9.78 Å². The van der Waals surface area contributed by atoms with E-state index in [1.807, 2.05) is 24.3 Å². The number of hydrogen-bond acceptors (Lipinski definition) is 2. The fraction of sp³-hybridized carbons (Fsp3) is 0.133. The molecule has 3 nitrogen and oxygen atoms in total. The lowest BCUT2D eigenvalue weighted by atomic mass is 10.1. The molecule has 0 aliphatic heterocycles. The Labute approximate surface area is 109 Å². The molecule has 2 aromatic carbocycles. The van der Waals surface area contributed by atoms with Gasteiger partial charge in [-0.2, -0.15) is 5.10 Å². The molecule has 1 heterocycles. The first kappa shape index (κ1) is 11.9. The minimum absolute atomic E-state index is 0.261. The van der Waals surface area contributed by atoms with Crippen LogP contribution < -0.4 is 0 Å². The Morgan fingerprint density at radius 2 is 1.95 bits per heavy atom. The molecule has 0 aliphatic rings. The van der Waals surface area contributed by atoms with Crippen molar-refractivity contribution in [3.63, 3.8) is 0 Å². The Bertz CT molecular complexity index is 734. The average molecular weight is 256 g/mol. The molecule has 0 fully saturated rings. The van der Waals surface area contributed by atoms with Gasteiger partial charge >= 0.3 is 0 Å². The molecule has 3 aromatic rings. The van der Waals surface area contributed by atoms with Crippen molar-refractivity contribution >= 4 is 10.9 Å². The highest BCUT2D eigenvalue weighted by Gasteiger charge is 2.16. The summed E-state index contributed by atoms with van der Waals surface area (Å²) in [7, 11) is 0. The van der Waals surface area contributed by atoms with Crippen LogP contribution in [0.4, 0.5) is 4.39 Å². The number of aromatic nitrogens is 2. The Kier molecular flexibility index (Phi) is 2.80. The highest BCUT2D eigenvalue weighted by atomic mass is 19.1. The molecule has 4 heteroatoms. The molecule has 1 atom stereocenters. The molecule has 0 spiro atoms. The van der Waals surface area contributed by atoms with Gasteiger partial charge in [0, 0.05) is 10.9 Å². The summed E-state index contributed by atoms with van der Waals surface area (Å²) in [6.07, 6.45) is 0.839. The van der Waals surface area contributed by atoms with Gasteiger partial charge in [-0.1, -0.05) is 24.3 Å². The fourth-order valence-electron chi connectivity index (χ4n) is 2.29. The largest absolute Gasteiger partial charge is 0.389 e. The van der Waals surface area contributed by atoms with Gasteiger partial charge in [-0.25, -0.2) is 9.07 Å². The number of fused-ring (bicyclic) bond motifs is 1. The molecular weight excluding hydrogens is 243 g/mol. The summed E-state index contributed by atoms with van der Waals surface area (Å²) < 4.78 is 15.5. The van der Waals surface area contributed by atoms with E-state index in [1.165, 1.54) is 6.07 Å². The molecule has 3 rings (SSSR count). The number of hydrogen-bond donors (Lipinski definition) is 1. The third-order valence-electron chi connectivity index (χ3n) is 3.15. The topological polar surface area (TPSA) is 38.0 Å². The minimum atomic E-state index is -0.890. The maximum atomic E-state index is 13.9. The van der Waals surface area contributed by atoms with Crippen molar-refractivity contribution in [2.45, 2.75) is 13.0 Å². The number of rotatable bonds is 2. The third-order valence-corrected chi connectivity index (χ3v) is 3.15. The van der Waals surface area contributed by atoms with E-state index < -0.39 is 11.9 Å². The second-order valence-corrected chi connectivity index (χ2v) is 4.46. The Hall–Kier alpha value is -2.20. The van der Waals surface area contributed by atoms with Crippen molar-refractivity contribution in [3.05, 3.63) is 60.0 Å². The molecule has 0 aliphatic carbocycles. The summed E-state index contributed by atoms with van der Waals surface area (Å²) >= 11 is 0. The maximum Gasteiger partial charge on any atom is 0.131 e. The van der Waals surface area contributed by atoms with Crippen LogP contribution in [0.3, 0.4) is 0 Å². The average Bonchev–Trinajstić information content (AvgIpc) is 2.81. The zero-order valence-electron chi connectivity index (χ0n) is 10.4. The molecule has 1 N–H and O–H groups in total. The van der Waals surface area contributed by atoms with Crippen LogP contribution in [0.15, 0.2) is 48.7 Å². The van der Waals surface area contributed by atoms with Gasteiger partial charge in [0.2, 0.25) is 0 Å². The first-order valence-corrected chi connectivity index (χ1v) is 6.08. The first-order valence-electron chi connectivity index (χ1n) is 6.08. The Morgan fingerprint density at radius 3 is 2.74 bits per heavy atom. The number of nitrogens with zero attached hydrogens (tertiary/aromatic N) is 2. The van der Waals surface area contributed by atoms with Crippen LogP contribution in [0.25, 0.3) is 16.6 Å². The van der Waals surface area contributed by atoms with Crippen molar-refractivity contribution < 1.29 is 9.50 Å². The van der Waals surface area contributed by atoms with E-state index in [1.54, 1.807) is 29.9 Å². The lowest BCUT2D eigenvalue weighted by Crippen LogP contribution is -2.06. The fourth-order valence-corrected chi connectivity index (χ4v) is 2.29. The number of benzene rings is 2. The van der Waals surface area contributed by atoms with E-state index in [0.29, 0.717) is 5.69 Å². The molecule has 0 bridgehead atoms. The number of para-hydroxylation sites is 1. The van der Waals surface area contributed by atoms with Crippen LogP contribution in [-0.2, 0) is 0 Å². The van der Waals surface area contributed by atoms with Gasteiger partial charge in [-0.15, -0.1) is 0 Å². The molecule has 0 radical (unpaired) electrons. The molecule has 96 valence electrons. The van der Waals surface area contributed by atoms with E-state index in [9.17, 15) is 9.50 Å². The standard InChI is InChI=1S/C15H13FN2O/c1-10(19)15-12(16)6-4-8-14(15)18-13-7-3-2-5-11(13)9-17-18/h2-10,19H,1H3/t10-/m1/s1. The predicted molar refractivity (Wildman–Crippen MR) is 71.7 cm³/mol. The van der Waals surface area contributed by atoms with Crippen molar-refractivity contribution in [2.75, 3.05) is 0 Å². The lowest BCUT2D eigenvalue weighted by molar-refractivity contribution is 0.194. The highest BCUT2D eigenvalue weighted by Crippen LogP contribution is 2.27. The summed E-state index contributed by atoms with van der Waals surface area (Å²) in [5.74, 6) is -0.424. The second kappa shape index (κ2) is 4.48. The lowest BCUT2D eigenvalue weighted by Gasteiger charge is -2.13. The van der Waals surface area contributed by atoms with Crippen molar-refractivity contribution in [1.29, 1.82) is 0 Å². The second-order valence-electron chi connectivity index (χ2n) is 4.46. The molecule has 1 aromatic heterocycles. The smallest absolute Gasteiger partial charge is 0.131 e. The maximum absolute atomic E-state index is 13.9. The first-order chi connectivity index (χ1) is 9.18. The van der Waals surface area contributed by atoms with Crippen LogP contribution in [-0.4, -0.2) is 14.9 Å². The third kappa shape index (κ3) is 1.90. The Balaban J connectivity index is 2.30. The van der Waals surface area contributed by atoms with Crippen LogP contribution >= 0.6 is 0 Å². The molecule has 0 saturated carbocycles. The van der Waals surface area contributed by atoms with Crippen LogP contribution in [0.1, 0.15) is 18.6 Å². The summed E-state index contributed by atoms with van der Waals surface area (Å²) in [5, 5.41) is 15.0. The summed E-state index contributed by atoms with van der Waals surface area (Å²) in [6, 6.07) is 12.4. The zero-order chi connectivity index (χ0) is 13.4. The minimum Gasteiger partial charge on any atom is -0.389 e. The molecule has 0 saturated heterocycles. The number of halogens is 1. The van der Waals surface area contributed by atoms with E-state index in [0.717, 1.165) is 10.9 Å². The van der Waals surface area contributed by atoms with E-state index >= 15 is 0 Å². The van der Waals surface area contributed by atoms with Crippen molar-refractivity contribution in [2.24, 2.45) is 0 Å². The monoisotopic (exact) mass is 256 g/mol. The normalized spacial score (nSPS) is 12.8. The van der Waals surface area contributed by atoms with E-state index in [4.69, 9.17) is 0 Å². The number of aliphatic hydroxyl groups is 1. The molecule has 0 unspecified atom stereocenters. The number of aliphatic hydroxyl groups excluding tert-OH is 1. The van der Waals surface area contributed by atoms with Crippen LogP contribution in [0.5, 0.6) is 0 Å². The van der Waals surface area contributed by atoms with E-state index in [2.05, 4.69) is 5.10 Å². The van der Waals surface area contributed by atoms with Crippen LogP contribution in [0.2, 0.25) is 0 Å². The molecule has 19 heavy (non-hydrogen) atoms. The van der Waals surface area contributed by atoms with Gasteiger partial charge in [-0.3, -0.25) is 0 Å². The van der Waals surface area contributed by atoms with Gasteiger partial charge in [0.15, 0.2) is 0 Å². The predicted octanol–water partition coefficient (Wildman–Crippen LogP) is 3.22. The van der Waals surface area contributed by atoms with Gasteiger partial charge in [0.05, 0.1) is 23.5 Å². The van der Waals surface area contributed by atoms with Crippen molar-refractivity contribution in [3.8, 4) is 5.69 Å². The SMILES string of the molecule is C[C@@H](O)c1c(F)cccc1-n1ncc2ccccc21. The highest BCUT2D eigenvalue weighted by molar-refractivity contribution is 5.80. The molecular formula is C15H13FN2O.